The van der Waals surface area contributed by atoms with Gasteiger partial charge >= 0.3 is 0 Å². The zero-order chi connectivity index (χ0) is 13.0. The highest BCUT2D eigenvalue weighted by Gasteiger charge is 2.28. The van der Waals surface area contributed by atoms with E-state index in [1.165, 1.54) is 30.9 Å². The fourth-order valence-corrected chi connectivity index (χ4v) is 3.42. The Bertz CT molecular complexity index is 377. The Kier molecular flexibility index (Phi) is 6.74. The predicted octanol–water partition coefficient (Wildman–Crippen LogP) is 3.09. The van der Waals surface area contributed by atoms with Crippen LogP contribution in [0.25, 0.3) is 0 Å². The van der Waals surface area contributed by atoms with Gasteiger partial charge in [0.25, 0.3) is 0 Å². The van der Waals surface area contributed by atoms with Crippen LogP contribution in [0.3, 0.4) is 0 Å². The number of halogens is 1. The predicted molar refractivity (Wildman–Crippen MR) is 85.3 cm³/mol. The van der Waals surface area contributed by atoms with Crippen LogP contribution in [0.15, 0.2) is 5.38 Å². The molecule has 0 aromatic carbocycles. The third-order valence-electron chi connectivity index (χ3n) is 4.04. The second kappa shape index (κ2) is 7.58. The van der Waals surface area contributed by atoms with Crippen LogP contribution in [-0.2, 0) is 5.54 Å². The average Bonchev–Trinajstić information content (AvgIpc) is 2.84. The van der Waals surface area contributed by atoms with Gasteiger partial charge in [-0.05, 0) is 58.7 Å². The van der Waals surface area contributed by atoms with E-state index >= 15 is 0 Å². The summed E-state index contributed by atoms with van der Waals surface area (Å²) in [6.07, 6.45) is 3.68. The molecule has 1 aromatic heterocycles. The number of aromatic nitrogens is 1. The van der Waals surface area contributed by atoms with Gasteiger partial charge in [0, 0.05) is 11.1 Å². The Morgan fingerprint density at radius 1 is 1.47 bits per heavy atom. The second-order valence-corrected chi connectivity index (χ2v) is 6.41. The van der Waals surface area contributed by atoms with E-state index in [-0.39, 0.29) is 17.9 Å². The van der Waals surface area contributed by atoms with Gasteiger partial charge in [-0.1, -0.05) is 6.92 Å². The van der Waals surface area contributed by atoms with Gasteiger partial charge in [-0.2, -0.15) is 0 Å². The molecule has 1 fully saturated rings. The van der Waals surface area contributed by atoms with E-state index in [1.807, 2.05) is 0 Å². The summed E-state index contributed by atoms with van der Waals surface area (Å²) in [4.78, 5) is 4.66. The molecule has 110 valence electrons. The third-order valence-corrected chi connectivity index (χ3v) is 5.26. The molecule has 1 aliphatic rings. The second-order valence-electron chi connectivity index (χ2n) is 5.55. The van der Waals surface area contributed by atoms with Crippen molar-refractivity contribution in [2.45, 2.75) is 45.6 Å². The lowest BCUT2D eigenvalue weighted by Crippen LogP contribution is -2.43. The number of piperidine rings is 1. The highest BCUT2D eigenvalue weighted by atomic mass is 35.5. The SMILES string of the molecule is CCC(C)(NCC1CCNCC1)c1nc(C)cs1.Cl. The summed E-state index contributed by atoms with van der Waals surface area (Å²) >= 11 is 1.78. The lowest BCUT2D eigenvalue weighted by atomic mass is 9.94. The molecule has 1 atom stereocenters. The molecule has 1 aromatic rings. The zero-order valence-electron chi connectivity index (χ0n) is 12.2. The van der Waals surface area contributed by atoms with Gasteiger partial charge in [0.2, 0.25) is 0 Å². The van der Waals surface area contributed by atoms with Crippen molar-refractivity contribution in [3.8, 4) is 0 Å². The third kappa shape index (κ3) is 4.42. The smallest absolute Gasteiger partial charge is 0.113 e. The van der Waals surface area contributed by atoms with E-state index in [4.69, 9.17) is 0 Å². The molecule has 2 rings (SSSR count). The summed E-state index contributed by atoms with van der Waals surface area (Å²) in [6.45, 7) is 10.1. The number of nitrogens with zero attached hydrogens (tertiary/aromatic N) is 1. The monoisotopic (exact) mass is 303 g/mol. The molecule has 3 nitrogen and oxygen atoms in total. The van der Waals surface area contributed by atoms with Crippen molar-refractivity contribution in [1.82, 2.24) is 15.6 Å². The van der Waals surface area contributed by atoms with Crippen LogP contribution in [0.5, 0.6) is 0 Å². The largest absolute Gasteiger partial charge is 0.317 e. The summed E-state index contributed by atoms with van der Waals surface area (Å²) in [7, 11) is 0. The summed E-state index contributed by atoms with van der Waals surface area (Å²) < 4.78 is 0. The Morgan fingerprint density at radius 2 is 2.16 bits per heavy atom. The minimum atomic E-state index is 0. The van der Waals surface area contributed by atoms with E-state index in [0.717, 1.165) is 24.6 Å². The van der Waals surface area contributed by atoms with Crippen LogP contribution < -0.4 is 10.6 Å². The molecule has 2 heterocycles. The average molecular weight is 304 g/mol. The van der Waals surface area contributed by atoms with E-state index in [0.29, 0.717) is 0 Å². The van der Waals surface area contributed by atoms with Crippen molar-refractivity contribution < 1.29 is 0 Å². The van der Waals surface area contributed by atoms with E-state index in [9.17, 15) is 0 Å². The van der Waals surface area contributed by atoms with Gasteiger partial charge in [-0.3, -0.25) is 0 Å². The van der Waals surface area contributed by atoms with Crippen molar-refractivity contribution in [3.05, 3.63) is 16.1 Å². The van der Waals surface area contributed by atoms with Crippen molar-refractivity contribution in [2.75, 3.05) is 19.6 Å². The molecule has 1 unspecified atom stereocenters. The number of rotatable bonds is 5. The minimum Gasteiger partial charge on any atom is -0.317 e. The quantitative estimate of drug-likeness (QED) is 0.878. The Hall–Kier alpha value is -0.160. The van der Waals surface area contributed by atoms with Crippen molar-refractivity contribution in [1.29, 1.82) is 0 Å². The maximum Gasteiger partial charge on any atom is 0.113 e. The highest BCUT2D eigenvalue weighted by molar-refractivity contribution is 7.09. The van der Waals surface area contributed by atoms with E-state index in [1.54, 1.807) is 11.3 Å². The number of thiazole rings is 1. The standard InChI is InChI=1S/C14H25N3S.ClH/c1-4-14(3,13-17-11(2)10-18-13)16-9-12-5-7-15-8-6-12;/h10,12,15-16H,4-9H2,1-3H3;1H. The Balaban J connectivity index is 0.00000180. The molecule has 5 heteroatoms. The van der Waals surface area contributed by atoms with Crippen LogP contribution in [0.4, 0.5) is 0 Å². The maximum absolute atomic E-state index is 4.66. The maximum atomic E-state index is 4.66. The van der Waals surface area contributed by atoms with Gasteiger partial charge in [-0.25, -0.2) is 4.98 Å². The highest BCUT2D eigenvalue weighted by Crippen LogP contribution is 2.28. The number of aryl methyl sites for hydroxylation is 1. The molecule has 19 heavy (non-hydrogen) atoms. The first-order valence-corrected chi connectivity index (χ1v) is 7.90. The lowest BCUT2D eigenvalue weighted by Gasteiger charge is -2.31. The molecule has 1 aliphatic heterocycles. The number of nitrogens with one attached hydrogen (secondary N) is 2. The van der Waals surface area contributed by atoms with Crippen LogP contribution in [0, 0.1) is 12.8 Å². The number of hydrogen-bond acceptors (Lipinski definition) is 4. The number of hydrogen-bond donors (Lipinski definition) is 2. The zero-order valence-corrected chi connectivity index (χ0v) is 13.8. The first-order valence-electron chi connectivity index (χ1n) is 7.02. The Labute approximate surface area is 127 Å². The Morgan fingerprint density at radius 3 is 2.68 bits per heavy atom. The van der Waals surface area contributed by atoms with Crippen molar-refractivity contribution in [3.63, 3.8) is 0 Å². The van der Waals surface area contributed by atoms with Crippen molar-refractivity contribution in [2.24, 2.45) is 5.92 Å². The summed E-state index contributed by atoms with van der Waals surface area (Å²) in [6, 6.07) is 0. The minimum absolute atomic E-state index is 0. The lowest BCUT2D eigenvalue weighted by molar-refractivity contribution is 0.284. The van der Waals surface area contributed by atoms with Gasteiger partial charge in [0.05, 0.1) is 5.54 Å². The van der Waals surface area contributed by atoms with Crippen LogP contribution in [0.1, 0.15) is 43.8 Å². The molecule has 0 aliphatic carbocycles. The van der Waals surface area contributed by atoms with Gasteiger partial charge in [0.1, 0.15) is 5.01 Å². The van der Waals surface area contributed by atoms with E-state index < -0.39 is 0 Å². The molecule has 0 saturated carbocycles. The molecule has 1 saturated heterocycles. The first kappa shape index (κ1) is 16.9. The van der Waals surface area contributed by atoms with Crippen LogP contribution >= 0.6 is 23.7 Å². The van der Waals surface area contributed by atoms with Crippen molar-refractivity contribution >= 4 is 23.7 Å². The van der Waals surface area contributed by atoms with Crippen LogP contribution in [0.2, 0.25) is 0 Å². The molecule has 0 spiro atoms. The van der Waals surface area contributed by atoms with E-state index in [2.05, 4.69) is 41.8 Å². The molecule has 0 bridgehead atoms. The fourth-order valence-electron chi connectivity index (χ4n) is 2.41. The van der Waals surface area contributed by atoms with Crippen LogP contribution in [-0.4, -0.2) is 24.6 Å². The molecule has 0 amide bonds. The molecular formula is C14H26ClN3S. The summed E-state index contributed by atoms with van der Waals surface area (Å²) in [5.74, 6) is 0.818. The topological polar surface area (TPSA) is 37.0 Å². The first-order chi connectivity index (χ1) is 8.64. The van der Waals surface area contributed by atoms with Gasteiger partial charge in [-0.15, -0.1) is 23.7 Å². The summed E-state index contributed by atoms with van der Waals surface area (Å²) in [5.41, 5.74) is 1.18. The molecule has 2 N–H and O–H groups in total. The normalized spacial score (nSPS) is 19.7. The molecule has 0 radical (unpaired) electrons. The van der Waals surface area contributed by atoms with Gasteiger partial charge in [0.15, 0.2) is 0 Å². The summed E-state index contributed by atoms with van der Waals surface area (Å²) in [5, 5.41) is 10.6. The van der Waals surface area contributed by atoms with Gasteiger partial charge < -0.3 is 10.6 Å². The molecular weight excluding hydrogens is 278 g/mol. The fraction of sp³-hybridized carbons (Fsp3) is 0.786.